The van der Waals surface area contributed by atoms with Gasteiger partial charge >= 0.3 is 0 Å². The molecule has 1 aromatic carbocycles. The van der Waals surface area contributed by atoms with Crippen LogP contribution in [0.4, 0.5) is 0 Å². The lowest BCUT2D eigenvalue weighted by molar-refractivity contribution is 0.598. The van der Waals surface area contributed by atoms with Crippen LogP contribution in [0.1, 0.15) is 0 Å². The summed E-state index contributed by atoms with van der Waals surface area (Å²) in [5, 5.41) is 4.83. The first-order chi connectivity index (χ1) is 4.61. The third-order valence-corrected chi connectivity index (χ3v) is 2.00. The van der Waals surface area contributed by atoms with E-state index in [9.17, 15) is 8.42 Å². The lowest BCUT2D eigenvalue weighted by Crippen LogP contribution is -2.11. The van der Waals surface area contributed by atoms with Crippen molar-refractivity contribution in [1.29, 1.82) is 0 Å². The summed E-state index contributed by atoms with van der Waals surface area (Å²) in [6, 6.07) is 7.89. The molecule has 0 saturated heterocycles. The smallest absolute Gasteiger partial charge is 0.225 e. The summed E-state index contributed by atoms with van der Waals surface area (Å²) in [4.78, 5) is 0.148. The van der Waals surface area contributed by atoms with Gasteiger partial charge in [-0.3, -0.25) is 0 Å². The van der Waals surface area contributed by atoms with Crippen molar-refractivity contribution in [1.82, 2.24) is 0 Å². The highest BCUT2D eigenvalue weighted by molar-refractivity contribution is 7.89. The van der Waals surface area contributed by atoms with Crippen molar-refractivity contribution in [2.75, 3.05) is 0 Å². The monoisotopic (exact) mass is 168 g/mol. The second-order valence-electron chi connectivity index (χ2n) is 1.86. The van der Waals surface area contributed by atoms with E-state index in [2.05, 4.69) is 0 Å². The first-order valence-electron chi connectivity index (χ1n) is 2.68. The maximum atomic E-state index is 10.6. The number of hydrogen-bond acceptors (Lipinski definition) is 2. The predicted octanol–water partition coefficient (Wildman–Crippen LogP) is -0.0468. The fourth-order valence-corrected chi connectivity index (χ4v) is 1.15. The van der Waals surface area contributed by atoms with Crippen LogP contribution in [0.5, 0.6) is 0 Å². The summed E-state index contributed by atoms with van der Waals surface area (Å²) in [5.41, 5.74) is 0. The van der Waals surface area contributed by atoms with E-state index in [0.717, 1.165) is 0 Å². The van der Waals surface area contributed by atoms with Crippen molar-refractivity contribution in [2.24, 2.45) is 5.14 Å². The molecule has 0 amide bonds. The second-order valence-corrected chi connectivity index (χ2v) is 3.42. The van der Waals surface area contributed by atoms with Gasteiger partial charge in [-0.1, -0.05) is 18.2 Å². The largest absolute Gasteiger partial charge is 0.238 e. The van der Waals surface area contributed by atoms with Crippen molar-refractivity contribution >= 4 is 18.4 Å². The SMILES string of the molecule is NS(=O)(=O)c1ccccc1.[B]. The van der Waals surface area contributed by atoms with E-state index in [1.807, 2.05) is 0 Å². The molecule has 1 rings (SSSR count). The Hall–Kier alpha value is -0.805. The number of nitrogens with two attached hydrogens (primary N) is 1. The molecule has 5 heteroatoms. The lowest BCUT2D eigenvalue weighted by Gasteiger charge is -1.93. The van der Waals surface area contributed by atoms with Crippen LogP contribution in [0.25, 0.3) is 0 Å². The molecule has 0 spiro atoms. The maximum absolute atomic E-state index is 10.6. The van der Waals surface area contributed by atoms with E-state index in [-0.39, 0.29) is 13.3 Å². The fourth-order valence-electron chi connectivity index (χ4n) is 0.610. The number of benzene rings is 1. The molecule has 2 N–H and O–H groups in total. The minimum Gasteiger partial charge on any atom is -0.225 e. The van der Waals surface area contributed by atoms with Gasteiger partial charge in [-0.05, 0) is 12.1 Å². The van der Waals surface area contributed by atoms with Gasteiger partial charge in [-0.2, -0.15) is 0 Å². The van der Waals surface area contributed by atoms with Crippen molar-refractivity contribution in [3.63, 3.8) is 0 Å². The Morgan fingerprint density at radius 3 is 1.82 bits per heavy atom. The van der Waals surface area contributed by atoms with Crippen LogP contribution in [0.15, 0.2) is 35.2 Å². The molecule has 3 nitrogen and oxygen atoms in total. The number of primary sulfonamides is 1. The second kappa shape index (κ2) is 3.55. The van der Waals surface area contributed by atoms with E-state index in [1.54, 1.807) is 18.2 Å². The number of sulfonamides is 1. The highest BCUT2D eigenvalue weighted by atomic mass is 32.2. The third kappa shape index (κ3) is 2.73. The zero-order chi connectivity index (χ0) is 7.61. The van der Waals surface area contributed by atoms with Gasteiger partial charge in [0.05, 0.1) is 4.90 Å². The Kier molecular flexibility index (Phi) is 3.29. The summed E-state index contributed by atoms with van der Waals surface area (Å²) < 4.78 is 21.2. The van der Waals surface area contributed by atoms with Gasteiger partial charge in [-0.15, -0.1) is 0 Å². The van der Waals surface area contributed by atoms with E-state index < -0.39 is 10.0 Å². The average Bonchev–Trinajstić information content (AvgIpc) is 1.88. The average molecular weight is 168 g/mol. The van der Waals surface area contributed by atoms with E-state index in [0.29, 0.717) is 0 Å². The molecule has 0 aromatic heterocycles. The molecule has 11 heavy (non-hydrogen) atoms. The summed E-state index contributed by atoms with van der Waals surface area (Å²) in [5.74, 6) is 0. The summed E-state index contributed by atoms with van der Waals surface area (Å²) >= 11 is 0. The molecule has 0 saturated carbocycles. The number of hydrogen-bond donors (Lipinski definition) is 1. The Morgan fingerprint density at radius 2 is 1.55 bits per heavy atom. The van der Waals surface area contributed by atoms with Crippen LogP contribution in [0, 0.1) is 0 Å². The fraction of sp³-hybridized carbons (Fsp3) is 0. The van der Waals surface area contributed by atoms with E-state index in [1.165, 1.54) is 12.1 Å². The number of rotatable bonds is 1. The summed E-state index contributed by atoms with van der Waals surface area (Å²) in [7, 11) is -3.50. The minimum atomic E-state index is -3.50. The summed E-state index contributed by atoms with van der Waals surface area (Å²) in [6.07, 6.45) is 0. The van der Waals surface area contributed by atoms with Crippen LogP contribution >= 0.6 is 0 Å². The third-order valence-electron chi connectivity index (χ3n) is 1.07. The topological polar surface area (TPSA) is 60.2 Å². The normalized spacial score (nSPS) is 10.3. The van der Waals surface area contributed by atoms with Crippen molar-refractivity contribution in [3.05, 3.63) is 30.3 Å². The molecule has 0 atom stereocenters. The molecular formula is C6H7BNO2S. The molecule has 0 aliphatic carbocycles. The standard InChI is InChI=1S/C6H7NO2S.B/c7-10(8,9)6-4-2-1-3-5-6;/h1-5H,(H2,7,8,9);. The molecule has 0 fully saturated rings. The van der Waals surface area contributed by atoms with Crippen molar-refractivity contribution < 1.29 is 8.42 Å². The van der Waals surface area contributed by atoms with Gasteiger partial charge in [0.2, 0.25) is 10.0 Å². The Labute approximate surface area is 67.9 Å². The van der Waals surface area contributed by atoms with Crippen molar-refractivity contribution in [3.8, 4) is 0 Å². The predicted molar refractivity (Wildman–Crippen MR) is 43.6 cm³/mol. The molecule has 0 heterocycles. The lowest BCUT2D eigenvalue weighted by atomic mass is 10.4. The minimum absolute atomic E-state index is 0. The highest BCUT2D eigenvalue weighted by Gasteiger charge is 2.03. The van der Waals surface area contributed by atoms with Gasteiger partial charge < -0.3 is 0 Å². The van der Waals surface area contributed by atoms with Gasteiger partial charge in [0.25, 0.3) is 0 Å². The zero-order valence-corrected chi connectivity index (χ0v) is 6.58. The first-order valence-corrected chi connectivity index (χ1v) is 4.23. The van der Waals surface area contributed by atoms with E-state index in [4.69, 9.17) is 5.14 Å². The van der Waals surface area contributed by atoms with Crippen LogP contribution < -0.4 is 5.14 Å². The molecule has 0 aliphatic rings. The van der Waals surface area contributed by atoms with Crippen LogP contribution in [-0.4, -0.2) is 16.8 Å². The van der Waals surface area contributed by atoms with Gasteiger partial charge in [-0.25, -0.2) is 13.6 Å². The summed E-state index contributed by atoms with van der Waals surface area (Å²) in [6.45, 7) is 0. The molecule has 0 aliphatic heterocycles. The highest BCUT2D eigenvalue weighted by Crippen LogP contribution is 2.02. The van der Waals surface area contributed by atoms with Gasteiger partial charge in [0.1, 0.15) is 0 Å². The molecule has 0 unspecified atom stereocenters. The first kappa shape index (κ1) is 10.2. The Bertz CT molecular complexity index is 309. The van der Waals surface area contributed by atoms with Gasteiger partial charge in [0.15, 0.2) is 0 Å². The van der Waals surface area contributed by atoms with Crippen molar-refractivity contribution in [2.45, 2.75) is 4.90 Å². The quantitative estimate of drug-likeness (QED) is 0.597. The Balaban J connectivity index is 0.000001000. The van der Waals surface area contributed by atoms with Gasteiger partial charge in [0, 0.05) is 8.41 Å². The van der Waals surface area contributed by atoms with E-state index >= 15 is 0 Å². The van der Waals surface area contributed by atoms with Crippen LogP contribution in [0.3, 0.4) is 0 Å². The van der Waals surface area contributed by atoms with Crippen LogP contribution in [0.2, 0.25) is 0 Å². The molecular weight excluding hydrogens is 161 g/mol. The molecule has 3 radical (unpaired) electrons. The molecule has 57 valence electrons. The molecule has 1 aromatic rings. The van der Waals surface area contributed by atoms with Crippen LogP contribution in [-0.2, 0) is 10.0 Å². The Morgan fingerprint density at radius 1 is 1.09 bits per heavy atom. The zero-order valence-electron chi connectivity index (χ0n) is 5.77. The maximum Gasteiger partial charge on any atom is 0.238 e. The molecule has 0 bridgehead atoms.